The molecule has 1 aromatic heterocycles. The number of para-hydroxylation sites is 1. The monoisotopic (exact) mass is 327 g/mol. The number of carbonyl (C=O) groups is 1. The number of amides is 2. The van der Waals surface area contributed by atoms with E-state index in [1.807, 2.05) is 54.6 Å². The summed E-state index contributed by atoms with van der Waals surface area (Å²) in [6.07, 6.45) is 1.67. The smallest absolute Gasteiger partial charge is 0.319 e. The van der Waals surface area contributed by atoms with E-state index in [4.69, 9.17) is 0 Å². The Morgan fingerprint density at radius 1 is 0.880 bits per heavy atom. The first-order valence-corrected chi connectivity index (χ1v) is 8.16. The molecule has 1 heterocycles. The van der Waals surface area contributed by atoms with Crippen LogP contribution in [-0.4, -0.2) is 11.0 Å². The van der Waals surface area contributed by atoms with Crippen LogP contribution in [0.1, 0.15) is 5.56 Å². The maximum atomic E-state index is 12.2. The number of carbonyl (C=O) groups excluding carboxylic acids is 1. The molecule has 0 aliphatic heterocycles. The number of urea groups is 1. The molecule has 0 unspecified atom stereocenters. The largest absolute Gasteiger partial charge is 0.334 e. The molecule has 4 rings (SSSR count). The predicted octanol–water partition coefficient (Wildman–Crippen LogP) is 4.71. The third-order valence-corrected chi connectivity index (χ3v) is 4.17. The number of rotatable bonds is 3. The van der Waals surface area contributed by atoms with Crippen molar-refractivity contribution < 1.29 is 4.79 Å². The Labute approximate surface area is 145 Å². The highest BCUT2D eigenvalue weighted by molar-refractivity contribution is 5.92. The number of benzene rings is 3. The number of hydrogen-bond donors (Lipinski definition) is 2. The summed E-state index contributed by atoms with van der Waals surface area (Å²) >= 11 is 0. The van der Waals surface area contributed by atoms with Crippen molar-refractivity contribution in [2.24, 2.45) is 0 Å². The Balaban J connectivity index is 1.46. The Hall–Kier alpha value is -3.40. The lowest BCUT2D eigenvalue weighted by molar-refractivity contribution is 0.252. The summed E-state index contributed by atoms with van der Waals surface area (Å²) in [5.41, 5.74) is 2.67. The van der Waals surface area contributed by atoms with Gasteiger partial charge in [-0.3, -0.25) is 4.98 Å². The van der Waals surface area contributed by atoms with Gasteiger partial charge in [0, 0.05) is 11.9 Å². The maximum absolute atomic E-state index is 12.2. The van der Waals surface area contributed by atoms with Crippen LogP contribution in [-0.2, 0) is 6.54 Å². The second-order valence-corrected chi connectivity index (χ2v) is 5.86. The van der Waals surface area contributed by atoms with Crippen molar-refractivity contribution in [2.75, 3.05) is 5.32 Å². The molecule has 0 atom stereocenters. The van der Waals surface area contributed by atoms with Gasteiger partial charge in [0.05, 0.1) is 17.4 Å². The fourth-order valence-corrected chi connectivity index (χ4v) is 2.94. The topological polar surface area (TPSA) is 54.0 Å². The number of nitrogens with zero attached hydrogens (tertiary/aromatic N) is 1. The van der Waals surface area contributed by atoms with E-state index in [-0.39, 0.29) is 6.03 Å². The molecule has 0 saturated heterocycles. The average molecular weight is 327 g/mol. The van der Waals surface area contributed by atoms with Gasteiger partial charge in [-0.1, -0.05) is 60.7 Å². The first-order valence-electron chi connectivity index (χ1n) is 8.16. The van der Waals surface area contributed by atoms with Gasteiger partial charge >= 0.3 is 6.03 Å². The highest BCUT2D eigenvalue weighted by Crippen LogP contribution is 2.19. The van der Waals surface area contributed by atoms with Gasteiger partial charge in [-0.15, -0.1) is 0 Å². The van der Waals surface area contributed by atoms with Crippen LogP contribution in [0.4, 0.5) is 10.5 Å². The van der Waals surface area contributed by atoms with Gasteiger partial charge in [-0.2, -0.15) is 0 Å². The van der Waals surface area contributed by atoms with E-state index >= 15 is 0 Å². The van der Waals surface area contributed by atoms with Crippen molar-refractivity contribution in [1.82, 2.24) is 10.3 Å². The van der Waals surface area contributed by atoms with Crippen LogP contribution in [0.15, 0.2) is 79.0 Å². The fourth-order valence-electron chi connectivity index (χ4n) is 2.94. The molecule has 0 radical (unpaired) electrons. The lowest BCUT2D eigenvalue weighted by Crippen LogP contribution is -2.28. The van der Waals surface area contributed by atoms with E-state index < -0.39 is 0 Å². The first kappa shape index (κ1) is 15.1. The van der Waals surface area contributed by atoms with E-state index in [0.29, 0.717) is 12.2 Å². The van der Waals surface area contributed by atoms with Crippen LogP contribution in [0.25, 0.3) is 21.7 Å². The van der Waals surface area contributed by atoms with Gasteiger partial charge in [0.25, 0.3) is 0 Å². The summed E-state index contributed by atoms with van der Waals surface area (Å²) in [7, 11) is 0. The molecule has 25 heavy (non-hydrogen) atoms. The first-order chi connectivity index (χ1) is 12.3. The molecule has 0 bridgehead atoms. The van der Waals surface area contributed by atoms with Crippen molar-refractivity contribution in [1.29, 1.82) is 0 Å². The average Bonchev–Trinajstić information content (AvgIpc) is 2.66. The van der Waals surface area contributed by atoms with E-state index in [1.54, 1.807) is 6.20 Å². The number of nitrogens with one attached hydrogen (secondary N) is 2. The lowest BCUT2D eigenvalue weighted by atomic mass is 10.0. The minimum Gasteiger partial charge on any atom is -0.334 e. The standard InChI is InChI=1S/C21H17N3O/c25-21(24-18-12-16-7-2-4-11-20(16)22-14-18)23-13-17-9-5-8-15-6-1-3-10-19(15)17/h1-12,14H,13H2,(H2,23,24,25). The molecule has 4 nitrogen and oxygen atoms in total. The van der Waals surface area contributed by atoms with E-state index in [2.05, 4.69) is 33.8 Å². The van der Waals surface area contributed by atoms with Gasteiger partial charge in [0.2, 0.25) is 0 Å². The third kappa shape index (κ3) is 3.28. The molecule has 2 N–H and O–H groups in total. The summed E-state index contributed by atoms with van der Waals surface area (Å²) in [4.78, 5) is 16.6. The second-order valence-electron chi connectivity index (χ2n) is 5.86. The summed E-state index contributed by atoms with van der Waals surface area (Å²) < 4.78 is 0. The number of hydrogen-bond acceptors (Lipinski definition) is 2. The molecule has 0 saturated carbocycles. The molecule has 4 aromatic rings. The molecule has 3 aromatic carbocycles. The van der Waals surface area contributed by atoms with Crippen molar-refractivity contribution in [3.05, 3.63) is 84.6 Å². The zero-order chi connectivity index (χ0) is 17.1. The van der Waals surface area contributed by atoms with Crippen LogP contribution >= 0.6 is 0 Å². The molecule has 0 aliphatic rings. The van der Waals surface area contributed by atoms with Crippen molar-refractivity contribution in [2.45, 2.75) is 6.54 Å². The molecule has 2 amide bonds. The van der Waals surface area contributed by atoms with Gasteiger partial charge in [-0.05, 0) is 28.5 Å². The van der Waals surface area contributed by atoms with E-state index in [1.165, 1.54) is 5.39 Å². The van der Waals surface area contributed by atoms with E-state index in [0.717, 1.165) is 21.9 Å². The second kappa shape index (κ2) is 6.61. The van der Waals surface area contributed by atoms with Gasteiger partial charge in [0.15, 0.2) is 0 Å². The SMILES string of the molecule is O=C(NCc1cccc2ccccc12)Nc1cnc2ccccc2c1. The molecule has 4 heteroatoms. The summed E-state index contributed by atoms with van der Waals surface area (Å²) in [6, 6.07) is 23.7. The number of pyridine rings is 1. The van der Waals surface area contributed by atoms with Crippen molar-refractivity contribution in [3.63, 3.8) is 0 Å². The molecule has 0 spiro atoms. The summed E-state index contributed by atoms with van der Waals surface area (Å²) in [5.74, 6) is 0. The Kier molecular flexibility index (Phi) is 4.01. The normalized spacial score (nSPS) is 10.7. The quantitative estimate of drug-likeness (QED) is 0.572. The number of fused-ring (bicyclic) bond motifs is 2. The number of anilines is 1. The zero-order valence-corrected chi connectivity index (χ0v) is 13.6. The molecule has 0 fully saturated rings. The lowest BCUT2D eigenvalue weighted by Gasteiger charge is -2.10. The molecule has 122 valence electrons. The van der Waals surface area contributed by atoms with Gasteiger partial charge < -0.3 is 10.6 Å². The Morgan fingerprint density at radius 2 is 1.64 bits per heavy atom. The van der Waals surface area contributed by atoms with E-state index in [9.17, 15) is 4.79 Å². The maximum Gasteiger partial charge on any atom is 0.319 e. The Bertz CT molecular complexity index is 1050. The minimum absolute atomic E-state index is 0.245. The Morgan fingerprint density at radius 3 is 2.56 bits per heavy atom. The molecule has 0 aliphatic carbocycles. The summed E-state index contributed by atoms with van der Waals surface area (Å²) in [6.45, 7) is 0.466. The predicted molar refractivity (Wildman–Crippen MR) is 102 cm³/mol. The highest BCUT2D eigenvalue weighted by Gasteiger charge is 2.05. The third-order valence-electron chi connectivity index (χ3n) is 4.17. The van der Waals surface area contributed by atoms with Crippen LogP contribution in [0.2, 0.25) is 0 Å². The van der Waals surface area contributed by atoms with Crippen LogP contribution in [0.5, 0.6) is 0 Å². The fraction of sp³-hybridized carbons (Fsp3) is 0.0476. The van der Waals surface area contributed by atoms with Gasteiger partial charge in [0.1, 0.15) is 0 Å². The molecular formula is C21H17N3O. The molecular weight excluding hydrogens is 310 g/mol. The van der Waals surface area contributed by atoms with Crippen molar-refractivity contribution >= 4 is 33.4 Å². The van der Waals surface area contributed by atoms with Crippen molar-refractivity contribution in [3.8, 4) is 0 Å². The van der Waals surface area contributed by atoms with Crippen LogP contribution in [0, 0.1) is 0 Å². The van der Waals surface area contributed by atoms with Gasteiger partial charge in [-0.25, -0.2) is 4.79 Å². The minimum atomic E-state index is -0.245. The van der Waals surface area contributed by atoms with Crippen LogP contribution < -0.4 is 10.6 Å². The van der Waals surface area contributed by atoms with Crippen LogP contribution in [0.3, 0.4) is 0 Å². The number of aromatic nitrogens is 1. The summed E-state index contributed by atoms with van der Waals surface area (Å²) in [5, 5.41) is 9.06. The highest BCUT2D eigenvalue weighted by atomic mass is 16.2. The zero-order valence-electron chi connectivity index (χ0n) is 13.6.